The summed E-state index contributed by atoms with van der Waals surface area (Å²) in [6, 6.07) is 12.4. The third-order valence-electron chi connectivity index (χ3n) is 5.53. The Hall–Kier alpha value is -3.11. The molecule has 0 amide bonds. The fourth-order valence-electron chi connectivity index (χ4n) is 3.95. The lowest BCUT2D eigenvalue weighted by Gasteiger charge is -2.29. The fraction of sp³-hybridized carbons (Fsp3) is 0.261. The summed E-state index contributed by atoms with van der Waals surface area (Å²) in [6.07, 6.45) is 3.40. The van der Waals surface area contributed by atoms with E-state index in [1.54, 1.807) is 61.8 Å². The van der Waals surface area contributed by atoms with E-state index in [1.165, 1.54) is 4.57 Å². The molecule has 0 spiro atoms. The molecule has 2 aromatic heterocycles. The number of hydrogen-bond acceptors (Lipinski definition) is 6. The van der Waals surface area contributed by atoms with E-state index in [9.17, 15) is 4.79 Å². The van der Waals surface area contributed by atoms with Crippen molar-refractivity contribution in [3.63, 3.8) is 0 Å². The molecule has 4 aromatic rings. The molecule has 1 saturated heterocycles. The van der Waals surface area contributed by atoms with Crippen molar-refractivity contribution in [3.05, 3.63) is 92.6 Å². The summed E-state index contributed by atoms with van der Waals surface area (Å²) < 4.78 is 20.0. The lowest BCUT2D eigenvalue weighted by Crippen LogP contribution is -2.33. The predicted octanol–water partition coefficient (Wildman–Crippen LogP) is 3.79. The van der Waals surface area contributed by atoms with E-state index in [0.29, 0.717) is 51.7 Å². The van der Waals surface area contributed by atoms with Crippen LogP contribution in [0.4, 0.5) is 0 Å². The van der Waals surface area contributed by atoms with E-state index in [4.69, 9.17) is 37.4 Å². The highest BCUT2D eigenvalue weighted by atomic mass is 35.5. The van der Waals surface area contributed by atoms with E-state index in [1.807, 2.05) is 0 Å². The zero-order valence-corrected chi connectivity index (χ0v) is 19.6. The van der Waals surface area contributed by atoms with Crippen LogP contribution in [0.5, 0.6) is 5.75 Å². The van der Waals surface area contributed by atoms with Gasteiger partial charge in [-0.3, -0.25) is 0 Å². The molecule has 0 unspecified atom stereocenters. The molecule has 2 atom stereocenters. The number of benzene rings is 2. The highest BCUT2D eigenvalue weighted by Crippen LogP contribution is 2.41. The van der Waals surface area contributed by atoms with Gasteiger partial charge in [-0.25, -0.2) is 19.4 Å². The smallest absolute Gasteiger partial charge is 0.347 e. The standard InChI is InChI=1S/C23H21Cl2N5O4/c1-14-28-29-22(31)30(14)16-3-5-17(6-4-16)32-12-18-13-33-23(34-18,11-21-26-8-9-27-21)19-7-2-15(24)10-20(19)25/h2-10,18H,11-13H2,1H3,(H,26,27)(H,29,31)/t18-,23-/m1/s1. The summed E-state index contributed by atoms with van der Waals surface area (Å²) in [4.78, 5) is 19.3. The first-order valence-corrected chi connectivity index (χ1v) is 11.3. The van der Waals surface area contributed by atoms with E-state index in [-0.39, 0.29) is 18.4 Å². The third-order valence-corrected chi connectivity index (χ3v) is 6.07. The molecule has 34 heavy (non-hydrogen) atoms. The number of ether oxygens (including phenoxy) is 3. The second-order valence-corrected chi connectivity index (χ2v) is 8.70. The molecule has 1 aliphatic heterocycles. The van der Waals surface area contributed by atoms with E-state index in [0.717, 1.165) is 0 Å². The van der Waals surface area contributed by atoms with Crippen molar-refractivity contribution in [2.24, 2.45) is 0 Å². The number of aryl methyl sites for hydroxylation is 1. The van der Waals surface area contributed by atoms with Crippen LogP contribution < -0.4 is 10.4 Å². The third kappa shape index (κ3) is 4.47. The van der Waals surface area contributed by atoms with Gasteiger partial charge in [0.15, 0.2) is 0 Å². The first-order valence-electron chi connectivity index (χ1n) is 10.6. The Bertz CT molecular complexity index is 1340. The van der Waals surface area contributed by atoms with Crippen molar-refractivity contribution >= 4 is 23.2 Å². The quantitative estimate of drug-likeness (QED) is 0.398. The van der Waals surface area contributed by atoms with Crippen molar-refractivity contribution in [1.29, 1.82) is 0 Å². The highest BCUT2D eigenvalue weighted by molar-refractivity contribution is 6.35. The molecular formula is C23H21Cl2N5O4. The molecule has 2 N–H and O–H groups in total. The minimum Gasteiger partial charge on any atom is -0.491 e. The van der Waals surface area contributed by atoms with E-state index < -0.39 is 5.79 Å². The molecule has 11 heteroatoms. The molecule has 0 aliphatic carbocycles. The van der Waals surface area contributed by atoms with Crippen molar-refractivity contribution in [3.8, 4) is 11.4 Å². The number of nitrogens with one attached hydrogen (secondary N) is 2. The molecule has 0 bridgehead atoms. The van der Waals surface area contributed by atoms with Crippen LogP contribution in [0.25, 0.3) is 5.69 Å². The molecule has 2 aromatic carbocycles. The SMILES string of the molecule is Cc1n[nH]c(=O)n1-c1ccc(OC[C@@H]2CO[C@@](Cc3ncc[nH]3)(c3ccc(Cl)cc3Cl)O2)cc1. The van der Waals surface area contributed by atoms with Crippen molar-refractivity contribution < 1.29 is 14.2 Å². The van der Waals surface area contributed by atoms with Gasteiger partial charge < -0.3 is 19.2 Å². The minimum absolute atomic E-state index is 0.259. The second-order valence-electron chi connectivity index (χ2n) is 7.86. The molecule has 5 rings (SSSR count). The summed E-state index contributed by atoms with van der Waals surface area (Å²) >= 11 is 12.6. The van der Waals surface area contributed by atoms with Gasteiger partial charge in [-0.2, -0.15) is 5.10 Å². The summed E-state index contributed by atoms with van der Waals surface area (Å²) in [5.41, 5.74) is 1.07. The second kappa shape index (κ2) is 9.27. The lowest BCUT2D eigenvalue weighted by atomic mass is 10.0. The number of rotatable bonds is 7. The fourth-order valence-corrected chi connectivity index (χ4v) is 4.50. The molecule has 0 saturated carbocycles. The van der Waals surface area contributed by atoms with Gasteiger partial charge in [-0.15, -0.1) is 0 Å². The van der Waals surface area contributed by atoms with Crippen LogP contribution in [0.15, 0.2) is 59.7 Å². The molecule has 1 aliphatic rings. The molecular weight excluding hydrogens is 481 g/mol. The Balaban J connectivity index is 1.30. The number of imidazole rings is 1. The Kier molecular flexibility index (Phi) is 6.18. The number of halogens is 2. The van der Waals surface area contributed by atoms with Crippen LogP contribution in [-0.2, 0) is 21.7 Å². The van der Waals surface area contributed by atoms with E-state index >= 15 is 0 Å². The number of aromatic nitrogens is 5. The van der Waals surface area contributed by atoms with Gasteiger partial charge in [0, 0.05) is 23.0 Å². The van der Waals surface area contributed by atoms with Gasteiger partial charge in [0.2, 0.25) is 5.79 Å². The Labute approximate surface area is 204 Å². The topological polar surface area (TPSA) is 107 Å². The molecule has 0 radical (unpaired) electrons. The lowest BCUT2D eigenvalue weighted by molar-refractivity contribution is -0.179. The molecule has 176 valence electrons. The van der Waals surface area contributed by atoms with Crippen LogP contribution in [0.2, 0.25) is 10.0 Å². The average molecular weight is 502 g/mol. The van der Waals surface area contributed by atoms with Crippen molar-refractivity contribution in [2.75, 3.05) is 13.2 Å². The minimum atomic E-state index is -1.13. The predicted molar refractivity (Wildman–Crippen MR) is 126 cm³/mol. The average Bonchev–Trinajstić information content (AvgIpc) is 3.55. The first kappa shape index (κ1) is 22.7. The molecule has 9 nitrogen and oxygen atoms in total. The zero-order valence-electron chi connectivity index (χ0n) is 18.1. The largest absolute Gasteiger partial charge is 0.491 e. The number of aromatic amines is 2. The van der Waals surface area contributed by atoms with Gasteiger partial charge in [0.25, 0.3) is 0 Å². The van der Waals surface area contributed by atoms with Crippen molar-refractivity contribution in [2.45, 2.75) is 25.2 Å². The zero-order chi connectivity index (χ0) is 23.7. The van der Waals surface area contributed by atoms with Gasteiger partial charge in [-0.1, -0.05) is 29.3 Å². The summed E-state index contributed by atoms with van der Waals surface area (Å²) in [5, 5.41) is 7.32. The maximum absolute atomic E-state index is 11.9. The van der Waals surface area contributed by atoms with Crippen molar-refractivity contribution in [1.82, 2.24) is 24.7 Å². The molecule has 1 fully saturated rings. The van der Waals surface area contributed by atoms with E-state index in [2.05, 4.69) is 20.2 Å². The Morgan fingerprint density at radius 3 is 2.74 bits per heavy atom. The summed E-state index contributed by atoms with van der Waals surface area (Å²) in [6.45, 7) is 2.32. The maximum Gasteiger partial charge on any atom is 0.347 e. The van der Waals surface area contributed by atoms with Gasteiger partial charge >= 0.3 is 5.69 Å². The van der Waals surface area contributed by atoms with Crippen LogP contribution in [0, 0.1) is 6.92 Å². The highest BCUT2D eigenvalue weighted by Gasteiger charge is 2.45. The van der Waals surface area contributed by atoms with Gasteiger partial charge in [0.1, 0.15) is 30.1 Å². The maximum atomic E-state index is 11.9. The van der Waals surface area contributed by atoms with Crippen LogP contribution in [-0.4, -0.2) is 44.1 Å². The van der Waals surface area contributed by atoms with Gasteiger partial charge in [-0.05, 0) is 43.3 Å². The number of H-pyrrole nitrogens is 2. The number of hydrogen-bond donors (Lipinski definition) is 2. The van der Waals surface area contributed by atoms with Gasteiger partial charge in [0.05, 0.1) is 23.7 Å². The summed E-state index contributed by atoms with van der Waals surface area (Å²) in [5.74, 6) is 0.781. The monoisotopic (exact) mass is 501 g/mol. The normalized spacial score (nSPS) is 20.0. The Morgan fingerprint density at radius 1 is 1.24 bits per heavy atom. The first-order chi connectivity index (χ1) is 16.4. The summed E-state index contributed by atoms with van der Waals surface area (Å²) in [7, 11) is 0. The Morgan fingerprint density at radius 2 is 2.06 bits per heavy atom. The number of nitrogens with zero attached hydrogens (tertiary/aromatic N) is 3. The van der Waals surface area contributed by atoms with Crippen LogP contribution in [0.1, 0.15) is 17.2 Å². The van der Waals surface area contributed by atoms with Crippen LogP contribution >= 0.6 is 23.2 Å². The molecule has 3 heterocycles. The van der Waals surface area contributed by atoms with Crippen LogP contribution in [0.3, 0.4) is 0 Å².